The van der Waals surface area contributed by atoms with Crippen LogP contribution in [0.3, 0.4) is 0 Å². The van der Waals surface area contributed by atoms with Gasteiger partial charge in [0.2, 0.25) is 6.79 Å². The highest BCUT2D eigenvalue weighted by Gasteiger charge is 2.35. The summed E-state index contributed by atoms with van der Waals surface area (Å²) in [7, 11) is 0. The Morgan fingerprint density at radius 1 is 1.10 bits per heavy atom. The number of amides is 1. The van der Waals surface area contributed by atoms with Crippen molar-refractivity contribution in [3.8, 4) is 22.8 Å². The smallest absolute Gasteiger partial charge is 0.276 e. The van der Waals surface area contributed by atoms with Gasteiger partial charge < -0.3 is 23.4 Å². The van der Waals surface area contributed by atoms with Gasteiger partial charge in [0.25, 0.3) is 5.91 Å². The summed E-state index contributed by atoms with van der Waals surface area (Å²) in [5, 5.41) is 8.14. The van der Waals surface area contributed by atoms with E-state index in [1.807, 2.05) is 24.3 Å². The lowest BCUT2D eigenvalue weighted by molar-refractivity contribution is 0.0704. The van der Waals surface area contributed by atoms with Crippen LogP contribution >= 0.6 is 0 Å². The molecule has 0 N–H and O–H groups in total. The van der Waals surface area contributed by atoms with Crippen molar-refractivity contribution in [2.45, 2.75) is 38.6 Å². The second kappa shape index (κ2) is 6.95. The van der Waals surface area contributed by atoms with Crippen LogP contribution in [-0.4, -0.2) is 34.5 Å². The summed E-state index contributed by atoms with van der Waals surface area (Å²) >= 11 is 0. The van der Waals surface area contributed by atoms with Gasteiger partial charge in [-0.1, -0.05) is 24.2 Å². The minimum Gasteiger partial charge on any atom is -0.454 e. The maximum atomic E-state index is 13.1. The number of nitrogens with zero attached hydrogens (tertiary/aromatic N) is 3. The second-order valence-corrected chi connectivity index (χ2v) is 7.61. The first-order valence-corrected chi connectivity index (χ1v) is 9.74. The van der Waals surface area contributed by atoms with Gasteiger partial charge in [-0.05, 0) is 37.0 Å². The lowest BCUT2D eigenvalue weighted by Crippen LogP contribution is -2.30. The van der Waals surface area contributed by atoms with Gasteiger partial charge in [0.15, 0.2) is 28.7 Å². The Morgan fingerprint density at radius 2 is 1.97 bits per heavy atom. The molecular formula is C21H21N3O5. The molecule has 8 nitrogen and oxygen atoms in total. The molecule has 5 rings (SSSR count). The third kappa shape index (κ3) is 3.14. The largest absolute Gasteiger partial charge is 0.454 e. The zero-order valence-electron chi connectivity index (χ0n) is 16.3. The van der Waals surface area contributed by atoms with Gasteiger partial charge in [0.05, 0.1) is 11.7 Å². The van der Waals surface area contributed by atoms with Crippen LogP contribution in [-0.2, 0) is 0 Å². The van der Waals surface area contributed by atoms with E-state index in [0.29, 0.717) is 23.8 Å². The third-order valence-corrected chi connectivity index (χ3v) is 5.37. The lowest BCUT2D eigenvalue weighted by atomic mass is 10.1. The molecule has 0 unspecified atom stereocenters. The first kappa shape index (κ1) is 17.8. The van der Waals surface area contributed by atoms with E-state index in [9.17, 15) is 4.79 Å². The molecule has 1 atom stereocenters. The third-order valence-electron chi connectivity index (χ3n) is 5.37. The van der Waals surface area contributed by atoms with Crippen LogP contribution in [0.2, 0.25) is 0 Å². The molecule has 3 aromatic rings. The molecule has 0 radical (unpaired) electrons. The molecule has 2 aliphatic rings. The fourth-order valence-electron chi connectivity index (χ4n) is 3.75. The Bertz CT molecular complexity index is 1050. The molecule has 0 spiro atoms. The Hall–Kier alpha value is -3.29. The normalized spacial score (nSPS) is 18.0. The molecule has 1 saturated heterocycles. The predicted molar refractivity (Wildman–Crippen MR) is 102 cm³/mol. The van der Waals surface area contributed by atoms with Crippen molar-refractivity contribution in [3.63, 3.8) is 0 Å². The number of fused-ring (bicyclic) bond motifs is 1. The van der Waals surface area contributed by atoms with Gasteiger partial charge in [-0.3, -0.25) is 4.79 Å². The van der Waals surface area contributed by atoms with Crippen molar-refractivity contribution in [1.29, 1.82) is 0 Å². The predicted octanol–water partition coefficient (Wildman–Crippen LogP) is 4.16. The quantitative estimate of drug-likeness (QED) is 0.655. The summed E-state index contributed by atoms with van der Waals surface area (Å²) in [6.45, 7) is 4.97. The van der Waals surface area contributed by atoms with Crippen LogP contribution in [0.5, 0.6) is 11.5 Å². The highest BCUT2D eigenvalue weighted by Crippen LogP contribution is 2.37. The molecule has 1 amide bonds. The van der Waals surface area contributed by atoms with E-state index in [4.69, 9.17) is 18.5 Å². The lowest BCUT2D eigenvalue weighted by Gasteiger charge is -2.21. The summed E-state index contributed by atoms with van der Waals surface area (Å²) < 4.78 is 21.7. The summed E-state index contributed by atoms with van der Waals surface area (Å²) in [4.78, 5) is 14.9. The number of aromatic nitrogens is 2. The molecule has 0 bridgehead atoms. The molecular weight excluding hydrogens is 374 g/mol. The molecule has 29 heavy (non-hydrogen) atoms. The molecule has 2 aliphatic heterocycles. The summed E-state index contributed by atoms with van der Waals surface area (Å²) in [6.07, 6.45) is 1.74. The highest BCUT2D eigenvalue weighted by molar-refractivity contribution is 5.93. The summed E-state index contributed by atoms with van der Waals surface area (Å²) in [6, 6.07) is 8.96. The second-order valence-electron chi connectivity index (χ2n) is 7.61. The Morgan fingerprint density at radius 3 is 2.79 bits per heavy atom. The van der Waals surface area contributed by atoms with Crippen molar-refractivity contribution in [2.75, 3.05) is 13.3 Å². The van der Waals surface area contributed by atoms with E-state index in [-0.39, 0.29) is 30.4 Å². The number of benzene rings is 1. The number of likely N-dealkylation sites (tertiary alicyclic amines) is 1. The fourth-order valence-corrected chi connectivity index (χ4v) is 3.75. The Labute approximate surface area is 167 Å². The van der Waals surface area contributed by atoms with Crippen LogP contribution in [0.1, 0.15) is 60.6 Å². The Balaban J connectivity index is 1.37. The number of hydrogen-bond acceptors (Lipinski definition) is 7. The van der Waals surface area contributed by atoms with Gasteiger partial charge in [-0.2, -0.15) is 0 Å². The van der Waals surface area contributed by atoms with Gasteiger partial charge in [0, 0.05) is 24.2 Å². The molecule has 8 heteroatoms. The molecule has 4 heterocycles. The monoisotopic (exact) mass is 395 g/mol. The highest BCUT2D eigenvalue weighted by atomic mass is 16.7. The van der Waals surface area contributed by atoms with Crippen LogP contribution in [0.25, 0.3) is 11.3 Å². The first-order valence-electron chi connectivity index (χ1n) is 9.74. The van der Waals surface area contributed by atoms with E-state index < -0.39 is 0 Å². The molecule has 2 aromatic heterocycles. The average Bonchev–Trinajstić information content (AvgIpc) is 3.52. The van der Waals surface area contributed by atoms with E-state index in [2.05, 4.69) is 24.2 Å². The van der Waals surface area contributed by atoms with E-state index in [1.54, 1.807) is 11.0 Å². The van der Waals surface area contributed by atoms with Gasteiger partial charge in [-0.15, -0.1) is 0 Å². The van der Waals surface area contributed by atoms with Crippen molar-refractivity contribution in [2.24, 2.45) is 0 Å². The maximum Gasteiger partial charge on any atom is 0.276 e. The fraction of sp³-hybridized carbons (Fsp3) is 0.381. The van der Waals surface area contributed by atoms with Crippen molar-refractivity contribution in [3.05, 3.63) is 47.5 Å². The van der Waals surface area contributed by atoms with E-state index in [0.717, 1.165) is 29.9 Å². The number of carbonyl (C=O) groups is 1. The topological polar surface area (TPSA) is 90.8 Å². The number of carbonyl (C=O) groups excluding carboxylic acids is 1. The van der Waals surface area contributed by atoms with Crippen LogP contribution in [0, 0.1) is 0 Å². The minimum absolute atomic E-state index is 0.131. The van der Waals surface area contributed by atoms with E-state index >= 15 is 0 Å². The molecule has 0 saturated carbocycles. The van der Waals surface area contributed by atoms with Crippen LogP contribution < -0.4 is 9.47 Å². The van der Waals surface area contributed by atoms with Crippen LogP contribution in [0.15, 0.2) is 39.4 Å². The van der Waals surface area contributed by atoms with Gasteiger partial charge >= 0.3 is 0 Å². The van der Waals surface area contributed by atoms with Crippen molar-refractivity contribution >= 4 is 5.91 Å². The van der Waals surface area contributed by atoms with Gasteiger partial charge in [0.1, 0.15) is 0 Å². The zero-order valence-corrected chi connectivity index (χ0v) is 16.3. The van der Waals surface area contributed by atoms with E-state index in [1.165, 1.54) is 0 Å². The number of hydrogen-bond donors (Lipinski definition) is 0. The minimum atomic E-state index is -0.175. The number of ether oxygens (including phenoxy) is 2. The summed E-state index contributed by atoms with van der Waals surface area (Å²) in [5.41, 5.74) is 1.94. The van der Waals surface area contributed by atoms with Crippen molar-refractivity contribution in [1.82, 2.24) is 15.2 Å². The number of rotatable bonds is 4. The standard InChI is InChI=1S/C21H21N3O5/c1-12(2)14-9-19(29-22-14)16-4-3-7-24(16)21(25)15-10-18(28-23-15)13-5-6-17-20(8-13)27-11-26-17/h5-6,8-10,12,16H,3-4,7,11H2,1-2H3/t16-/m0/s1. The molecule has 150 valence electrons. The first-order chi connectivity index (χ1) is 14.1. The van der Waals surface area contributed by atoms with Crippen LogP contribution in [0.4, 0.5) is 0 Å². The molecule has 1 aromatic carbocycles. The molecule has 1 fully saturated rings. The maximum absolute atomic E-state index is 13.1. The van der Waals surface area contributed by atoms with Gasteiger partial charge in [-0.25, -0.2) is 0 Å². The molecule has 0 aliphatic carbocycles. The summed E-state index contributed by atoms with van der Waals surface area (Å²) in [5.74, 6) is 2.67. The SMILES string of the molecule is CC(C)c1cc([C@@H]2CCCN2C(=O)c2cc(-c3ccc4c(c3)OCO4)on2)on1. The zero-order chi connectivity index (χ0) is 20.0. The Kier molecular flexibility index (Phi) is 4.26. The van der Waals surface area contributed by atoms with Crippen molar-refractivity contribution < 1.29 is 23.3 Å². The average molecular weight is 395 g/mol.